The topological polar surface area (TPSA) is 12.4 Å². The molecule has 0 aromatic carbocycles. The molecule has 0 aromatic rings. The number of hydrogen-bond acceptors (Lipinski definition) is 2. The number of nitrogens with zero attached hydrogens (tertiary/aromatic N) is 1. The Balaban J connectivity index is 1.94. The van der Waals surface area contributed by atoms with Gasteiger partial charge in [-0.05, 0) is 38.5 Å². The van der Waals surface area contributed by atoms with E-state index in [1.165, 1.54) is 70.6 Å². The Morgan fingerprint density at radius 1 is 0.900 bits per heavy atom. The third kappa shape index (κ3) is 6.34. The summed E-state index contributed by atoms with van der Waals surface area (Å²) in [7, 11) is -0.995. The van der Waals surface area contributed by atoms with Crippen LogP contribution < -0.4 is 0 Å². The fourth-order valence-corrected chi connectivity index (χ4v) is 8.69. The Hall–Kier alpha value is 0.237. The largest absolute Gasteiger partial charge is 0.291 e. The molecular formula is C17H33NSSi. The molecule has 0 aromatic heterocycles. The van der Waals surface area contributed by atoms with Crippen molar-refractivity contribution in [3.8, 4) is 0 Å². The second kappa shape index (κ2) is 8.02. The predicted molar refractivity (Wildman–Crippen MR) is 96.7 cm³/mol. The standard InChI is InChI=1S/C17H33NSSi/c1-20(2,3)19-17-13-9-8-12-16(14-17)18-15-10-6-4-5-7-11-15/h15,17H,4-14H2,1-3H3/b18-16+. The fraction of sp³-hybridized carbons (Fsp3) is 0.941. The molecule has 0 spiro atoms. The number of rotatable bonds is 3. The van der Waals surface area contributed by atoms with Crippen molar-refractivity contribution in [3.63, 3.8) is 0 Å². The van der Waals surface area contributed by atoms with Gasteiger partial charge in [0.15, 0.2) is 0 Å². The molecule has 0 amide bonds. The van der Waals surface area contributed by atoms with Crippen LogP contribution in [0.4, 0.5) is 0 Å². The molecule has 1 nitrogen and oxygen atoms in total. The molecule has 2 fully saturated rings. The Morgan fingerprint density at radius 3 is 2.20 bits per heavy atom. The summed E-state index contributed by atoms with van der Waals surface area (Å²) in [6.07, 6.45) is 15.2. The van der Waals surface area contributed by atoms with Gasteiger partial charge in [0.1, 0.15) is 7.22 Å². The molecule has 2 saturated carbocycles. The zero-order chi connectivity index (χ0) is 14.4. The van der Waals surface area contributed by atoms with Gasteiger partial charge in [0.2, 0.25) is 0 Å². The molecule has 0 heterocycles. The van der Waals surface area contributed by atoms with E-state index in [9.17, 15) is 0 Å². The van der Waals surface area contributed by atoms with Crippen LogP contribution in [0.15, 0.2) is 4.99 Å². The molecule has 2 rings (SSSR count). The second-order valence-electron chi connectivity index (χ2n) is 7.64. The first-order valence-corrected chi connectivity index (χ1v) is 13.9. The molecule has 0 aliphatic heterocycles. The lowest BCUT2D eigenvalue weighted by molar-refractivity contribution is 0.582. The van der Waals surface area contributed by atoms with Crippen molar-refractivity contribution in [1.82, 2.24) is 0 Å². The van der Waals surface area contributed by atoms with Gasteiger partial charge in [-0.1, -0.05) is 51.7 Å². The van der Waals surface area contributed by atoms with Crippen molar-refractivity contribution >= 4 is 24.1 Å². The average molecular weight is 312 g/mol. The van der Waals surface area contributed by atoms with Crippen LogP contribution in [-0.2, 0) is 0 Å². The van der Waals surface area contributed by atoms with Gasteiger partial charge in [-0.25, -0.2) is 0 Å². The van der Waals surface area contributed by atoms with Crippen LogP contribution in [0.5, 0.6) is 0 Å². The molecule has 0 N–H and O–H groups in total. The summed E-state index contributed by atoms with van der Waals surface area (Å²) < 4.78 is 0. The van der Waals surface area contributed by atoms with Crippen molar-refractivity contribution in [2.45, 2.75) is 102 Å². The van der Waals surface area contributed by atoms with Gasteiger partial charge in [0.25, 0.3) is 0 Å². The van der Waals surface area contributed by atoms with E-state index in [1.807, 2.05) is 0 Å². The van der Waals surface area contributed by atoms with Crippen molar-refractivity contribution in [2.75, 3.05) is 0 Å². The third-order valence-electron chi connectivity index (χ3n) is 4.41. The van der Waals surface area contributed by atoms with Crippen LogP contribution in [0.3, 0.4) is 0 Å². The van der Waals surface area contributed by atoms with Crippen molar-refractivity contribution in [2.24, 2.45) is 4.99 Å². The number of hydrogen-bond donors (Lipinski definition) is 0. The SMILES string of the molecule is C[Si](C)(C)SC1CCCC/C(=N\C2CCCCCC2)C1. The van der Waals surface area contributed by atoms with Crippen molar-refractivity contribution < 1.29 is 0 Å². The Bertz CT molecular complexity index is 313. The van der Waals surface area contributed by atoms with Crippen LogP contribution in [0.1, 0.15) is 70.6 Å². The summed E-state index contributed by atoms with van der Waals surface area (Å²) in [6, 6.07) is 0.670. The Labute approximate surface area is 131 Å². The van der Waals surface area contributed by atoms with Crippen LogP contribution in [0, 0.1) is 0 Å². The lowest BCUT2D eigenvalue weighted by Crippen LogP contribution is -2.22. The lowest BCUT2D eigenvalue weighted by Gasteiger charge is -2.23. The molecule has 20 heavy (non-hydrogen) atoms. The maximum absolute atomic E-state index is 5.21. The van der Waals surface area contributed by atoms with E-state index < -0.39 is 7.22 Å². The Morgan fingerprint density at radius 2 is 1.55 bits per heavy atom. The minimum absolute atomic E-state index is 0.670. The molecule has 3 heteroatoms. The first-order chi connectivity index (χ1) is 9.53. The van der Waals surface area contributed by atoms with Gasteiger partial charge >= 0.3 is 0 Å². The minimum atomic E-state index is -0.995. The lowest BCUT2D eigenvalue weighted by atomic mass is 10.1. The molecule has 0 saturated heterocycles. The van der Waals surface area contributed by atoms with Crippen LogP contribution in [0.25, 0.3) is 0 Å². The van der Waals surface area contributed by atoms with Crippen molar-refractivity contribution in [1.29, 1.82) is 0 Å². The molecule has 116 valence electrons. The second-order valence-corrected chi connectivity index (χ2v) is 17.2. The third-order valence-corrected chi connectivity index (χ3v) is 8.98. The van der Waals surface area contributed by atoms with Gasteiger partial charge in [-0.2, -0.15) is 11.2 Å². The van der Waals surface area contributed by atoms with E-state index in [1.54, 1.807) is 5.71 Å². The van der Waals surface area contributed by atoms with Gasteiger partial charge in [-0.15, -0.1) is 0 Å². The first-order valence-electron chi connectivity index (χ1n) is 8.76. The van der Waals surface area contributed by atoms with E-state index in [2.05, 4.69) is 30.9 Å². The van der Waals surface area contributed by atoms with Gasteiger partial charge < -0.3 is 0 Å². The van der Waals surface area contributed by atoms with Crippen molar-refractivity contribution in [3.05, 3.63) is 0 Å². The van der Waals surface area contributed by atoms with E-state index in [4.69, 9.17) is 4.99 Å². The predicted octanol–water partition coefficient (Wildman–Crippen LogP) is 6.05. The highest BCUT2D eigenvalue weighted by atomic mass is 32.4. The van der Waals surface area contributed by atoms with E-state index in [0.29, 0.717) is 6.04 Å². The normalized spacial score (nSPS) is 29.1. The highest BCUT2D eigenvalue weighted by molar-refractivity contribution is 8.29. The average Bonchev–Trinajstić information content (AvgIpc) is 2.70. The zero-order valence-electron chi connectivity index (χ0n) is 13.8. The van der Waals surface area contributed by atoms with E-state index in [0.717, 1.165) is 5.25 Å². The molecule has 2 aliphatic carbocycles. The van der Waals surface area contributed by atoms with E-state index in [-0.39, 0.29) is 0 Å². The molecule has 1 unspecified atom stereocenters. The fourth-order valence-electron chi connectivity index (χ4n) is 3.53. The summed E-state index contributed by atoms with van der Waals surface area (Å²) in [5.41, 5.74) is 1.57. The van der Waals surface area contributed by atoms with Crippen LogP contribution >= 0.6 is 11.2 Å². The summed E-state index contributed by atoms with van der Waals surface area (Å²) >= 11 is 2.32. The smallest absolute Gasteiger partial charge is 0.108 e. The first kappa shape index (κ1) is 16.6. The van der Waals surface area contributed by atoms with Gasteiger partial charge in [-0.3, -0.25) is 4.99 Å². The van der Waals surface area contributed by atoms with Crippen LogP contribution in [-0.4, -0.2) is 24.2 Å². The highest BCUT2D eigenvalue weighted by Gasteiger charge is 2.24. The molecular weight excluding hydrogens is 278 g/mol. The van der Waals surface area contributed by atoms with Gasteiger partial charge in [0.05, 0.1) is 0 Å². The highest BCUT2D eigenvalue weighted by Crippen LogP contribution is 2.33. The summed E-state index contributed by atoms with van der Waals surface area (Å²) in [6.45, 7) is 7.47. The Kier molecular flexibility index (Phi) is 6.66. The zero-order valence-corrected chi connectivity index (χ0v) is 15.6. The number of aliphatic imine (C=N–C) groups is 1. The summed E-state index contributed by atoms with van der Waals surface area (Å²) in [5.74, 6) is 0. The molecule has 0 radical (unpaired) electrons. The minimum Gasteiger partial charge on any atom is -0.291 e. The monoisotopic (exact) mass is 311 g/mol. The summed E-state index contributed by atoms with van der Waals surface area (Å²) in [5, 5.41) is 0.869. The molecule has 2 aliphatic rings. The molecule has 0 bridgehead atoms. The maximum atomic E-state index is 5.21. The molecule has 1 atom stereocenters. The van der Waals surface area contributed by atoms with Gasteiger partial charge in [0, 0.05) is 17.0 Å². The van der Waals surface area contributed by atoms with Crippen LogP contribution in [0.2, 0.25) is 19.6 Å². The maximum Gasteiger partial charge on any atom is 0.108 e. The summed E-state index contributed by atoms with van der Waals surface area (Å²) in [4.78, 5) is 5.21. The van der Waals surface area contributed by atoms with E-state index >= 15 is 0 Å². The quantitative estimate of drug-likeness (QED) is 0.456.